The SMILES string of the molecule is CCCNS(=O)(=O)N1CCCCC1. The smallest absolute Gasteiger partial charge is 0.202 e. The van der Waals surface area contributed by atoms with E-state index < -0.39 is 10.2 Å². The molecule has 0 aromatic rings. The van der Waals surface area contributed by atoms with E-state index in [4.69, 9.17) is 0 Å². The largest absolute Gasteiger partial charge is 0.279 e. The highest BCUT2D eigenvalue weighted by atomic mass is 32.2. The van der Waals surface area contributed by atoms with Crippen molar-refractivity contribution in [3.63, 3.8) is 0 Å². The molecular weight excluding hydrogens is 188 g/mol. The predicted octanol–water partition coefficient (Wildman–Crippen LogP) is 0.717. The molecule has 0 aromatic carbocycles. The van der Waals surface area contributed by atoms with Crippen LogP contribution >= 0.6 is 0 Å². The molecule has 13 heavy (non-hydrogen) atoms. The van der Waals surface area contributed by atoms with Crippen molar-refractivity contribution in [1.29, 1.82) is 0 Å². The Morgan fingerprint density at radius 2 is 1.85 bits per heavy atom. The zero-order valence-corrected chi connectivity index (χ0v) is 8.94. The van der Waals surface area contributed by atoms with E-state index in [0.29, 0.717) is 19.6 Å². The summed E-state index contributed by atoms with van der Waals surface area (Å²) in [6.07, 6.45) is 3.98. The lowest BCUT2D eigenvalue weighted by atomic mass is 10.2. The third-order valence-electron chi connectivity index (χ3n) is 2.19. The topological polar surface area (TPSA) is 49.4 Å². The molecule has 0 saturated carbocycles. The summed E-state index contributed by atoms with van der Waals surface area (Å²) in [6.45, 7) is 3.86. The first-order valence-electron chi connectivity index (χ1n) is 4.91. The van der Waals surface area contributed by atoms with Gasteiger partial charge in [0.05, 0.1) is 0 Å². The normalized spacial score (nSPS) is 20.4. The molecule has 78 valence electrons. The van der Waals surface area contributed by atoms with Gasteiger partial charge in [0, 0.05) is 19.6 Å². The molecule has 4 nitrogen and oxygen atoms in total. The van der Waals surface area contributed by atoms with Gasteiger partial charge in [0.15, 0.2) is 0 Å². The van der Waals surface area contributed by atoms with Crippen molar-refractivity contribution in [2.45, 2.75) is 32.6 Å². The summed E-state index contributed by atoms with van der Waals surface area (Å²) in [7, 11) is -3.16. The number of rotatable bonds is 4. The standard InChI is InChI=1S/C8H18N2O2S/c1-2-6-9-13(11,12)10-7-4-3-5-8-10/h9H,2-8H2,1H3. The lowest BCUT2D eigenvalue weighted by molar-refractivity contribution is 0.342. The molecule has 0 radical (unpaired) electrons. The molecule has 1 fully saturated rings. The second kappa shape index (κ2) is 4.93. The molecule has 0 aromatic heterocycles. The first kappa shape index (κ1) is 10.9. The lowest BCUT2D eigenvalue weighted by Crippen LogP contribution is -2.43. The summed E-state index contributed by atoms with van der Waals surface area (Å²) in [5.41, 5.74) is 0. The Balaban J connectivity index is 2.47. The molecule has 1 heterocycles. The molecule has 0 amide bonds. The van der Waals surface area contributed by atoms with Crippen molar-refractivity contribution in [3.05, 3.63) is 0 Å². The highest BCUT2D eigenvalue weighted by Gasteiger charge is 2.22. The van der Waals surface area contributed by atoms with Gasteiger partial charge in [-0.1, -0.05) is 13.3 Å². The van der Waals surface area contributed by atoms with Crippen molar-refractivity contribution < 1.29 is 8.42 Å². The number of piperidine rings is 1. The fourth-order valence-electron chi connectivity index (χ4n) is 1.43. The van der Waals surface area contributed by atoms with Crippen molar-refractivity contribution in [1.82, 2.24) is 9.03 Å². The van der Waals surface area contributed by atoms with Crippen LogP contribution in [0.2, 0.25) is 0 Å². The highest BCUT2D eigenvalue weighted by Crippen LogP contribution is 2.11. The van der Waals surface area contributed by atoms with Crippen LogP contribution in [0.1, 0.15) is 32.6 Å². The Morgan fingerprint density at radius 1 is 1.23 bits per heavy atom. The summed E-state index contributed by atoms with van der Waals surface area (Å²) >= 11 is 0. The van der Waals surface area contributed by atoms with Crippen LogP contribution in [0.4, 0.5) is 0 Å². The first-order valence-corrected chi connectivity index (χ1v) is 6.35. The van der Waals surface area contributed by atoms with E-state index in [1.165, 1.54) is 0 Å². The van der Waals surface area contributed by atoms with Gasteiger partial charge in [-0.15, -0.1) is 0 Å². The van der Waals surface area contributed by atoms with Crippen LogP contribution in [0.25, 0.3) is 0 Å². The van der Waals surface area contributed by atoms with E-state index in [9.17, 15) is 8.42 Å². The van der Waals surface area contributed by atoms with Crippen LogP contribution in [-0.2, 0) is 10.2 Å². The number of hydrogen-bond acceptors (Lipinski definition) is 2. The molecular formula is C8H18N2O2S. The van der Waals surface area contributed by atoms with E-state index >= 15 is 0 Å². The van der Waals surface area contributed by atoms with Crippen LogP contribution in [0, 0.1) is 0 Å². The maximum atomic E-state index is 11.6. The molecule has 1 N–H and O–H groups in total. The van der Waals surface area contributed by atoms with Gasteiger partial charge >= 0.3 is 0 Å². The minimum atomic E-state index is -3.16. The van der Waals surface area contributed by atoms with Crippen LogP contribution in [0.3, 0.4) is 0 Å². The van der Waals surface area contributed by atoms with Crippen molar-refractivity contribution in [3.8, 4) is 0 Å². The Hall–Kier alpha value is -0.130. The van der Waals surface area contributed by atoms with E-state index in [0.717, 1.165) is 25.7 Å². The van der Waals surface area contributed by atoms with E-state index in [1.54, 1.807) is 4.31 Å². The summed E-state index contributed by atoms with van der Waals surface area (Å²) in [6, 6.07) is 0. The molecule has 1 saturated heterocycles. The van der Waals surface area contributed by atoms with Crippen molar-refractivity contribution >= 4 is 10.2 Å². The minimum absolute atomic E-state index is 0.541. The van der Waals surface area contributed by atoms with E-state index in [1.807, 2.05) is 6.92 Å². The first-order chi connectivity index (χ1) is 6.17. The fraction of sp³-hybridized carbons (Fsp3) is 1.00. The second-order valence-corrected chi connectivity index (χ2v) is 5.11. The number of hydrogen-bond donors (Lipinski definition) is 1. The Kier molecular flexibility index (Phi) is 4.15. The maximum Gasteiger partial charge on any atom is 0.279 e. The van der Waals surface area contributed by atoms with Crippen LogP contribution < -0.4 is 4.72 Å². The van der Waals surface area contributed by atoms with Gasteiger partial charge in [-0.3, -0.25) is 0 Å². The molecule has 0 bridgehead atoms. The summed E-state index contributed by atoms with van der Waals surface area (Å²) in [4.78, 5) is 0. The van der Waals surface area contributed by atoms with Gasteiger partial charge in [0.2, 0.25) is 0 Å². The zero-order chi connectivity index (χ0) is 9.73. The minimum Gasteiger partial charge on any atom is -0.202 e. The van der Waals surface area contributed by atoms with Gasteiger partial charge in [0.1, 0.15) is 0 Å². The summed E-state index contributed by atoms with van der Waals surface area (Å²) in [5, 5.41) is 0. The molecule has 1 rings (SSSR count). The van der Waals surface area contributed by atoms with Crippen LogP contribution in [-0.4, -0.2) is 32.4 Å². The third kappa shape index (κ3) is 3.25. The van der Waals surface area contributed by atoms with E-state index in [-0.39, 0.29) is 0 Å². The molecule has 5 heteroatoms. The molecule has 0 unspecified atom stereocenters. The average molecular weight is 206 g/mol. The van der Waals surface area contributed by atoms with E-state index in [2.05, 4.69) is 4.72 Å². The fourth-order valence-corrected chi connectivity index (χ4v) is 2.81. The Morgan fingerprint density at radius 3 is 2.38 bits per heavy atom. The molecule has 0 aliphatic carbocycles. The van der Waals surface area contributed by atoms with Crippen molar-refractivity contribution in [2.75, 3.05) is 19.6 Å². The highest BCUT2D eigenvalue weighted by molar-refractivity contribution is 7.87. The number of nitrogens with one attached hydrogen (secondary N) is 1. The Labute approximate surface area is 80.5 Å². The quantitative estimate of drug-likeness (QED) is 0.736. The van der Waals surface area contributed by atoms with Gasteiger partial charge in [-0.2, -0.15) is 12.7 Å². The third-order valence-corrected chi connectivity index (χ3v) is 3.80. The molecule has 1 aliphatic rings. The van der Waals surface area contributed by atoms with Gasteiger partial charge in [0.25, 0.3) is 10.2 Å². The summed E-state index contributed by atoms with van der Waals surface area (Å²) < 4.78 is 27.2. The Bertz CT molecular complexity index is 233. The monoisotopic (exact) mass is 206 g/mol. The lowest BCUT2D eigenvalue weighted by Gasteiger charge is -2.25. The second-order valence-electron chi connectivity index (χ2n) is 3.36. The van der Waals surface area contributed by atoms with Gasteiger partial charge in [-0.05, 0) is 19.3 Å². The van der Waals surface area contributed by atoms with Crippen molar-refractivity contribution in [2.24, 2.45) is 0 Å². The molecule has 1 aliphatic heterocycles. The molecule has 0 atom stereocenters. The number of nitrogens with zero attached hydrogens (tertiary/aromatic N) is 1. The van der Waals surface area contributed by atoms with Crippen LogP contribution in [0.5, 0.6) is 0 Å². The predicted molar refractivity (Wildman–Crippen MR) is 52.6 cm³/mol. The van der Waals surface area contributed by atoms with Gasteiger partial charge in [-0.25, -0.2) is 4.72 Å². The van der Waals surface area contributed by atoms with Gasteiger partial charge < -0.3 is 0 Å². The summed E-state index contributed by atoms with van der Waals surface area (Å²) in [5.74, 6) is 0. The molecule has 0 spiro atoms. The zero-order valence-electron chi connectivity index (χ0n) is 8.12. The van der Waals surface area contributed by atoms with Crippen LogP contribution in [0.15, 0.2) is 0 Å². The average Bonchev–Trinajstić information content (AvgIpc) is 2.16. The maximum absolute atomic E-state index is 11.6.